The second-order valence-corrected chi connectivity index (χ2v) is 3.13. The normalized spacial score (nSPS) is 34.0. The second kappa shape index (κ2) is 4.18. The smallest absolute Gasteiger partial charge is 0.108 e. The Kier molecular flexibility index (Phi) is 2.94. The predicted molar refractivity (Wildman–Crippen MR) is 40.6 cm³/mol. The fourth-order valence-electron chi connectivity index (χ4n) is 1.08. The molecule has 0 aromatic heterocycles. The third-order valence-corrected chi connectivity index (χ3v) is 2.18. The van der Waals surface area contributed by atoms with Crippen molar-refractivity contribution in [3.8, 4) is 0 Å². The van der Waals surface area contributed by atoms with Gasteiger partial charge in [0.15, 0.2) is 0 Å². The van der Waals surface area contributed by atoms with Crippen LogP contribution in [0.4, 0.5) is 0 Å². The van der Waals surface area contributed by atoms with Crippen LogP contribution in [0, 0.1) is 0 Å². The molecule has 2 saturated heterocycles. The van der Waals surface area contributed by atoms with Crippen LogP contribution in [-0.4, -0.2) is 38.6 Å². The molecule has 2 heterocycles. The third kappa shape index (κ3) is 2.17. The van der Waals surface area contributed by atoms with Crippen molar-refractivity contribution in [1.82, 2.24) is 0 Å². The van der Waals surface area contributed by atoms with Gasteiger partial charge in [-0.15, -0.1) is 0 Å². The van der Waals surface area contributed by atoms with Gasteiger partial charge in [0.05, 0.1) is 12.2 Å². The maximum absolute atomic E-state index is 5.14. The van der Waals surface area contributed by atoms with E-state index in [-0.39, 0.29) is 12.2 Å². The Morgan fingerprint density at radius 3 is 1.58 bits per heavy atom. The average Bonchev–Trinajstić information content (AvgIpc) is 1.88. The average molecular weight is 174 g/mol. The fraction of sp³-hybridized carbons (Fsp3) is 1.00. The first-order valence-corrected chi connectivity index (χ1v) is 4.43. The summed E-state index contributed by atoms with van der Waals surface area (Å²) in [6, 6.07) is 0. The summed E-state index contributed by atoms with van der Waals surface area (Å²) >= 11 is 0. The molecule has 0 saturated carbocycles. The van der Waals surface area contributed by atoms with E-state index < -0.39 is 0 Å². The van der Waals surface area contributed by atoms with Gasteiger partial charge in [0, 0.05) is 13.2 Å². The molecule has 0 bridgehead atoms. The topological polar surface area (TPSA) is 36.9 Å². The first-order chi connectivity index (χ1) is 5.95. The molecule has 0 aromatic carbocycles. The van der Waals surface area contributed by atoms with E-state index in [1.807, 2.05) is 0 Å². The van der Waals surface area contributed by atoms with E-state index in [1.165, 1.54) is 0 Å². The molecule has 2 aliphatic heterocycles. The molecule has 2 rings (SSSR count). The van der Waals surface area contributed by atoms with Crippen LogP contribution in [0.1, 0.15) is 12.8 Å². The first kappa shape index (κ1) is 8.44. The summed E-state index contributed by atoms with van der Waals surface area (Å²) in [6.07, 6.45) is 2.69. The van der Waals surface area contributed by atoms with Crippen LogP contribution < -0.4 is 0 Å². The van der Waals surface area contributed by atoms with E-state index in [1.54, 1.807) is 0 Å². The van der Waals surface area contributed by atoms with Gasteiger partial charge >= 0.3 is 0 Å². The van der Waals surface area contributed by atoms with Crippen LogP contribution in [0.2, 0.25) is 0 Å². The third-order valence-electron chi connectivity index (χ3n) is 2.18. The highest BCUT2D eigenvalue weighted by molar-refractivity contribution is 4.65. The molecule has 0 aliphatic carbocycles. The lowest BCUT2D eigenvalue weighted by Gasteiger charge is -2.27. The summed E-state index contributed by atoms with van der Waals surface area (Å²) in [6.45, 7) is 2.82. The second-order valence-electron chi connectivity index (χ2n) is 3.13. The van der Waals surface area contributed by atoms with Gasteiger partial charge in [-0.1, -0.05) is 0 Å². The summed E-state index contributed by atoms with van der Waals surface area (Å²) in [5.41, 5.74) is 0. The van der Waals surface area contributed by atoms with Gasteiger partial charge in [-0.2, -0.15) is 0 Å². The van der Waals surface area contributed by atoms with Crippen molar-refractivity contribution in [2.24, 2.45) is 0 Å². The van der Waals surface area contributed by atoms with E-state index in [2.05, 4.69) is 0 Å². The molecule has 4 heteroatoms. The van der Waals surface area contributed by atoms with E-state index in [9.17, 15) is 0 Å². The Bertz CT molecular complexity index is 115. The molecule has 2 unspecified atom stereocenters. The van der Waals surface area contributed by atoms with Gasteiger partial charge in [0.1, 0.15) is 13.2 Å². The lowest BCUT2D eigenvalue weighted by Crippen LogP contribution is -2.34. The van der Waals surface area contributed by atoms with E-state index in [0.29, 0.717) is 13.2 Å². The Morgan fingerprint density at radius 1 is 0.917 bits per heavy atom. The lowest BCUT2D eigenvalue weighted by atomic mass is 10.2. The maximum atomic E-state index is 5.14. The van der Waals surface area contributed by atoms with Crippen LogP contribution in [0.15, 0.2) is 0 Å². The van der Waals surface area contributed by atoms with Crippen LogP contribution in [0.25, 0.3) is 0 Å². The standard InChI is InChI=1S/C8H14O4/c1-3-9-7(1)5-11-12-6-8-2-4-10-8/h7-8H,1-6H2. The molecule has 2 aliphatic rings. The van der Waals surface area contributed by atoms with Crippen LogP contribution in [-0.2, 0) is 19.2 Å². The highest BCUT2D eigenvalue weighted by atomic mass is 17.2. The maximum Gasteiger partial charge on any atom is 0.108 e. The van der Waals surface area contributed by atoms with Crippen molar-refractivity contribution in [3.63, 3.8) is 0 Å². The quantitative estimate of drug-likeness (QED) is 0.346. The zero-order valence-electron chi connectivity index (χ0n) is 7.03. The van der Waals surface area contributed by atoms with Crippen LogP contribution >= 0.6 is 0 Å². The van der Waals surface area contributed by atoms with Crippen molar-refractivity contribution >= 4 is 0 Å². The van der Waals surface area contributed by atoms with Gasteiger partial charge in [-0.3, -0.25) is 0 Å². The number of hydrogen-bond donors (Lipinski definition) is 0. The lowest BCUT2D eigenvalue weighted by molar-refractivity contribution is -0.331. The molecule has 12 heavy (non-hydrogen) atoms. The van der Waals surface area contributed by atoms with Crippen molar-refractivity contribution in [1.29, 1.82) is 0 Å². The summed E-state index contributed by atoms with van der Waals surface area (Å²) in [5, 5.41) is 0. The van der Waals surface area contributed by atoms with Gasteiger partial charge in [-0.05, 0) is 12.8 Å². The van der Waals surface area contributed by atoms with Crippen molar-refractivity contribution in [3.05, 3.63) is 0 Å². The summed E-state index contributed by atoms with van der Waals surface area (Å²) in [4.78, 5) is 9.88. The zero-order valence-corrected chi connectivity index (χ0v) is 7.03. The summed E-state index contributed by atoms with van der Waals surface area (Å²) < 4.78 is 10.3. The molecule has 4 nitrogen and oxygen atoms in total. The highest BCUT2D eigenvalue weighted by Crippen LogP contribution is 2.13. The molecule has 2 fully saturated rings. The molecular formula is C8H14O4. The number of rotatable bonds is 5. The van der Waals surface area contributed by atoms with Gasteiger partial charge < -0.3 is 9.47 Å². The molecule has 0 spiro atoms. The number of ether oxygens (including phenoxy) is 2. The molecule has 2 atom stereocenters. The van der Waals surface area contributed by atoms with Gasteiger partial charge in [0.2, 0.25) is 0 Å². The molecule has 0 N–H and O–H groups in total. The molecule has 0 aromatic rings. The minimum atomic E-state index is 0.257. The Labute approximate surface area is 71.7 Å². The summed E-state index contributed by atoms with van der Waals surface area (Å²) in [5.74, 6) is 0. The Balaban J connectivity index is 1.40. The van der Waals surface area contributed by atoms with Crippen molar-refractivity contribution in [2.45, 2.75) is 25.0 Å². The fourth-order valence-corrected chi connectivity index (χ4v) is 1.08. The predicted octanol–water partition coefficient (Wildman–Crippen LogP) is 0.512. The minimum absolute atomic E-state index is 0.257. The van der Waals surface area contributed by atoms with Crippen molar-refractivity contribution < 1.29 is 19.2 Å². The molecule has 70 valence electrons. The van der Waals surface area contributed by atoms with E-state index >= 15 is 0 Å². The SMILES string of the molecule is C1CC(COOCC2CCO2)O1. The molecular weight excluding hydrogens is 160 g/mol. The van der Waals surface area contributed by atoms with E-state index in [4.69, 9.17) is 19.2 Å². The summed E-state index contributed by atoms with van der Waals surface area (Å²) in [7, 11) is 0. The highest BCUT2D eigenvalue weighted by Gasteiger charge is 2.20. The monoisotopic (exact) mass is 174 g/mol. The van der Waals surface area contributed by atoms with Crippen LogP contribution in [0.5, 0.6) is 0 Å². The minimum Gasteiger partial charge on any atom is -0.376 e. The molecule has 0 radical (unpaired) electrons. The largest absolute Gasteiger partial charge is 0.376 e. The van der Waals surface area contributed by atoms with Crippen LogP contribution in [0.3, 0.4) is 0 Å². The zero-order chi connectivity index (χ0) is 8.23. The Morgan fingerprint density at radius 2 is 1.33 bits per heavy atom. The first-order valence-electron chi connectivity index (χ1n) is 4.43. The van der Waals surface area contributed by atoms with Gasteiger partial charge in [0.25, 0.3) is 0 Å². The number of hydrogen-bond acceptors (Lipinski definition) is 4. The Hall–Kier alpha value is -0.160. The van der Waals surface area contributed by atoms with Gasteiger partial charge in [-0.25, -0.2) is 9.78 Å². The van der Waals surface area contributed by atoms with E-state index in [0.717, 1.165) is 26.1 Å². The van der Waals surface area contributed by atoms with Crippen molar-refractivity contribution in [2.75, 3.05) is 26.4 Å². The molecule has 0 amide bonds.